The summed E-state index contributed by atoms with van der Waals surface area (Å²) in [6.45, 7) is 5.13. The lowest BCUT2D eigenvalue weighted by molar-refractivity contribution is 0.511. The fourth-order valence-corrected chi connectivity index (χ4v) is 2.08. The molecular formula is C15H21N3. The number of aromatic nitrogens is 2. The monoisotopic (exact) mass is 243 g/mol. The van der Waals surface area contributed by atoms with Crippen molar-refractivity contribution in [3.05, 3.63) is 53.3 Å². The fraction of sp³-hybridized carbons (Fsp3) is 0.400. The Balaban J connectivity index is 1.99. The molecule has 1 atom stereocenters. The van der Waals surface area contributed by atoms with E-state index in [1.54, 1.807) is 0 Å². The highest BCUT2D eigenvalue weighted by molar-refractivity contribution is 5.24. The molecule has 1 heterocycles. The van der Waals surface area contributed by atoms with Crippen molar-refractivity contribution in [1.82, 2.24) is 15.1 Å². The number of rotatable bonds is 5. The maximum Gasteiger partial charge on any atom is 0.0762 e. The maximum atomic E-state index is 4.38. The van der Waals surface area contributed by atoms with E-state index in [4.69, 9.17) is 0 Å². The van der Waals surface area contributed by atoms with E-state index in [1.807, 2.05) is 17.9 Å². The minimum atomic E-state index is 0.396. The zero-order valence-electron chi connectivity index (χ0n) is 11.4. The third-order valence-corrected chi connectivity index (χ3v) is 3.19. The van der Waals surface area contributed by atoms with E-state index in [2.05, 4.69) is 54.6 Å². The van der Waals surface area contributed by atoms with E-state index in [9.17, 15) is 0 Å². The highest BCUT2D eigenvalue weighted by Gasteiger charge is 2.08. The van der Waals surface area contributed by atoms with Crippen molar-refractivity contribution < 1.29 is 0 Å². The second-order valence-electron chi connectivity index (χ2n) is 4.73. The minimum Gasteiger partial charge on any atom is -0.304 e. The molecule has 0 bridgehead atoms. The molecule has 0 aliphatic heterocycles. The number of hydrogen-bond donors (Lipinski definition) is 1. The molecule has 1 unspecified atom stereocenters. The van der Waals surface area contributed by atoms with Crippen LogP contribution in [-0.4, -0.2) is 9.78 Å². The fourth-order valence-electron chi connectivity index (χ4n) is 2.08. The lowest BCUT2D eigenvalue weighted by atomic mass is 10.0. The Morgan fingerprint density at radius 3 is 2.50 bits per heavy atom. The number of hydrogen-bond acceptors (Lipinski definition) is 2. The number of nitrogens with zero attached hydrogens (tertiary/aromatic N) is 2. The Morgan fingerprint density at radius 1 is 1.22 bits per heavy atom. The highest BCUT2D eigenvalue weighted by atomic mass is 15.3. The minimum absolute atomic E-state index is 0.396. The van der Waals surface area contributed by atoms with E-state index in [1.165, 1.54) is 11.1 Å². The summed E-state index contributed by atoms with van der Waals surface area (Å²) in [4.78, 5) is 0. The van der Waals surface area contributed by atoms with Gasteiger partial charge in [0.25, 0.3) is 0 Å². The van der Waals surface area contributed by atoms with Gasteiger partial charge < -0.3 is 5.32 Å². The van der Waals surface area contributed by atoms with E-state index in [0.717, 1.165) is 18.7 Å². The Hall–Kier alpha value is -1.61. The Labute approximate surface area is 109 Å². The Bertz CT molecular complexity index is 485. The smallest absolute Gasteiger partial charge is 0.0762 e. The zero-order valence-corrected chi connectivity index (χ0v) is 11.4. The normalized spacial score (nSPS) is 12.6. The summed E-state index contributed by atoms with van der Waals surface area (Å²) in [7, 11) is 1.95. The van der Waals surface area contributed by atoms with Crippen LogP contribution in [-0.2, 0) is 13.6 Å². The van der Waals surface area contributed by atoms with Crippen LogP contribution < -0.4 is 5.32 Å². The molecule has 18 heavy (non-hydrogen) atoms. The van der Waals surface area contributed by atoms with E-state index >= 15 is 0 Å². The molecule has 0 saturated heterocycles. The van der Waals surface area contributed by atoms with Crippen molar-refractivity contribution in [2.24, 2.45) is 7.05 Å². The molecule has 0 aliphatic rings. The average Bonchev–Trinajstić information content (AvgIpc) is 2.78. The number of nitrogens with one attached hydrogen (secondary N) is 1. The number of aryl methyl sites for hydroxylation is 2. The molecule has 0 fully saturated rings. The van der Waals surface area contributed by atoms with Gasteiger partial charge in [0.15, 0.2) is 0 Å². The van der Waals surface area contributed by atoms with Crippen LogP contribution >= 0.6 is 0 Å². The molecular weight excluding hydrogens is 222 g/mol. The van der Waals surface area contributed by atoms with Gasteiger partial charge in [0.05, 0.1) is 5.69 Å². The molecule has 0 spiro atoms. The standard InChI is InChI=1S/C15H21N3/c1-4-15(13-7-5-12(2)6-8-13)16-11-14-9-10-18(3)17-14/h5-10,15-16H,4,11H2,1-3H3. The Kier molecular flexibility index (Phi) is 4.15. The van der Waals surface area contributed by atoms with E-state index < -0.39 is 0 Å². The molecule has 3 nitrogen and oxygen atoms in total. The van der Waals surface area contributed by atoms with Crippen molar-refractivity contribution >= 4 is 0 Å². The van der Waals surface area contributed by atoms with Crippen LogP contribution in [0.4, 0.5) is 0 Å². The first kappa shape index (κ1) is 12.8. The van der Waals surface area contributed by atoms with Gasteiger partial charge in [-0.05, 0) is 25.0 Å². The lowest BCUT2D eigenvalue weighted by Crippen LogP contribution is -2.20. The van der Waals surface area contributed by atoms with Crippen LogP contribution in [0.5, 0.6) is 0 Å². The van der Waals surface area contributed by atoms with Gasteiger partial charge in [-0.15, -0.1) is 0 Å². The van der Waals surface area contributed by atoms with Crippen LogP contribution in [0.2, 0.25) is 0 Å². The molecule has 0 amide bonds. The SMILES string of the molecule is CCC(NCc1ccn(C)n1)c1ccc(C)cc1. The van der Waals surface area contributed by atoms with Crippen molar-refractivity contribution in [1.29, 1.82) is 0 Å². The third-order valence-electron chi connectivity index (χ3n) is 3.19. The van der Waals surface area contributed by atoms with Crippen LogP contribution in [0, 0.1) is 6.92 Å². The van der Waals surface area contributed by atoms with E-state index in [0.29, 0.717) is 6.04 Å². The third kappa shape index (κ3) is 3.20. The summed E-state index contributed by atoms with van der Waals surface area (Å²) in [5.41, 5.74) is 3.74. The van der Waals surface area contributed by atoms with Crippen molar-refractivity contribution in [3.63, 3.8) is 0 Å². The van der Waals surface area contributed by atoms with Crippen LogP contribution in [0.15, 0.2) is 36.5 Å². The first-order valence-corrected chi connectivity index (χ1v) is 6.47. The summed E-state index contributed by atoms with van der Waals surface area (Å²) < 4.78 is 1.84. The van der Waals surface area contributed by atoms with Crippen LogP contribution in [0.3, 0.4) is 0 Å². The predicted molar refractivity (Wildman–Crippen MR) is 74.3 cm³/mol. The summed E-state index contributed by atoms with van der Waals surface area (Å²) in [5, 5.41) is 7.94. The van der Waals surface area contributed by atoms with Gasteiger partial charge in [-0.1, -0.05) is 36.8 Å². The second-order valence-corrected chi connectivity index (χ2v) is 4.73. The largest absolute Gasteiger partial charge is 0.304 e. The van der Waals surface area contributed by atoms with Gasteiger partial charge in [-0.3, -0.25) is 4.68 Å². The molecule has 0 radical (unpaired) electrons. The number of benzene rings is 1. The first-order valence-electron chi connectivity index (χ1n) is 6.47. The summed E-state index contributed by atoms with van der Waals surface area (Å²) >= 11 is 0. The summed E-state index contributed by atoms with van der Waals surface area (Å²) in [5.74, 6) is 0. The molecule has 2 rings (SSSR count). The second kappa shape index (κ2) is 5.83. The van der Waals surface area contributed by atoms with Crippen LogP contribution in [0.1, 0.15) is 36.2 Å². The lowest BCUT2D eigenvalue weighted by Gasteiger charge is -2.17. The average molecular weight is 243 g/mol. The van der Waals surface area contributed by atoms with Gasteiger partial charge in [-0.2, -0.15) is 5.10 Å². The van der Waals surface area contributed by atoms with Gasteiger partial charge in [-0.25, -0.2) is 0 Å². The Morgan fingerprint density at radius 2 is 1.94 bits per heavy atom. The highest BCUT2D eigenvalue weighted by Crippen LogP contribution is 2.17. The zero-order chi connectivity index (χ0) is 13.0. The molecule has 1 N–H and O–H groups in total. The summed E-state index contributed by atoms with van der Waals surface area (Å²) in [6, 6.07) is 11.2. The predicted octanol–water partition coefficient (Wildman–Crippen LogP) is 2.97. The molecule has 1 aromatic carbocycles. The van der Waals surface area contributed by atoms with Gasteiger partial charge in [0.1, 0.15) is 0 Å². The molecule has 0 saturated carbocycles. The molecule has 96 valence electrons. The maximum absolute atomic E-state index is 4.38. The van der Waals surface area contributed by atoms with Crippen molar-refractivity contribution in [3.8, 4) is 0 Å². The van der Waals surface area contributed by atoms with Gasteiger partial charge in [0.2, 0.25) is 0 Å². The van der Waals surface area contributed by atoms with Crippen molar-refractivity contribution in [2.45, 2.75) is 32.9 Å². The van der Waals surface area contributed by atoms with Crippen molar-refractivity contribution in [2.75, 3.05) is 0 Å². The first-order chi connectivity index (χ1) is 8.69. The summed E-state index contributed by atoms with van der Waals surface area (Å²) in [6.07, 6.45) is 3.06. The molecule has 3 heteroatoms. The topological polar surface area (TPSA) is 29.9 Å². The van der Waals surface area contributed by atoms with Gasteiger partial charge in [0, 0.05) is 25.8 Å². The quantitative estimate of drug-likeness (QED) is 0.875. The molecule has 2 aromatic rings. The van der Waals surface area contributed by atoms with E-state index in [-0.39, 0.29) is 0 Å². The van der Waals surface area contributed by atoms with Gasteiger partial charge >= 0.3 is 0 Å². The molecule has 1 aromatic heterocycles. The molecule has 0 aliphatic carbocycles. The van der Waals surface area contributed by atoms with Crippen LogP contribution in [0.25, 0.3) is 0 Å².